The highest BCUT2D eigenvalue weighted by atomic mass is 16.5. The van der Waals surface area contributed by atoms with Crippen LogP contribution in [-0.4, -0.2) is 43.6 Å². The van der Waals surface area contributed by atoms with E-state index >= 15 is 0 Å². The van der Waals surface area contributed by atoms with Gasteiger partial charge < -0.3 is 20.7 Å². The number of amides is 1. The fraction of sp³-hybridized carbons (Fsp3) is 0.562. The minimum Gasteiger partial charge on any atom is -0.484 e. The van der Waals surface area contributed by atoms with Crippen LogP contribution in [0.2, 0.25) is 0 Å². The van der Waals surface area contributed by atoms with Crippen molar-refractivity contribution in [3.63, 3.8) is 0 Å². The van der Waals surface area contributed by atoms with Crippen LogP contribution >= 0.6 is 0 Å². The molecule has 0 bridgehead atoms. The zero-order valence-corrected chi connectivity index (χ0v) is 13.3. The summed E-state index contributed by atoms with van der Waals surface area (Å²) in [6, 6.07) is 7.97. The van der Waals surface area contributed by atoms with Gasteiger partial charge in [-0.15, -0.1) is 0 Å². The summed E-state index contributed by atoms with van der Waals surface area (Å²) in [4.78, 5) is 13.9. The number of ether oxygens (including phenoxy) is 1. The first-order chi connectivity index (χ1) is 10.1. The van der Waals surface area contributed by atoms with Gasteiger partial charge in [-0.05, 0) is 38.1 Å². The Kier molecular flexibility index (Phi) is 7.79. The average Bonchev–Trinajstić information content (AvgIpc) is 2.52. The van der Waals surface area contributed by atoms with E-state index in [1.165, 1.54) is 0 Å². The van der Waals surface area contributed by atoms with Crippen LogP contribution in [-0.2, 0) is 11.3 Å². The lowest BCUT2D eigenvalue weighted by atomic mass is 10.2. The number of rotatable bonds is 9. The molecule has 0 aliphatic carbocycles. The van der Waals surface area contributed by atoms with Crippen molar-refractivity contribution in [2.45, 2.75) is 32.9 Å². The molecule has 0 aliphatic heterocycles. The molecule has 0 aliphatic rings. The van der Waals surface area contributed by atoms with Crippen molar-refractivity contribution >= 4 is 5.91 Å². The van der Waals surface area contributed by atoms with E-state index in [1.807, 2.05) is 24.3 Å². The van der Waals surface area contributed by atoms with Crippen molar-refractivity contribution in [2.75, 3.05) is 26.7 Å². The molecule has 5 nitrogen and oxygen atoms in total. The zero-order chi connectivity index (χ0) is 15.7. The quantitative estimate of drug-likeness (QED) is 0.721. The van der Waals surface area contributed by atoms with Crippen molar-refractivity contribution in [3.8, 4) is 5.75 Å². The normalized spacial score (nSPS) is 12.2. The summed E-state index contributed by atoms with van der Waals surface area (Å²) in [6.07, 6.45) is 1.10. The Morgan fingerprint density at radius 3 is 2.62 bits per heavy atom. The Morgan fingerprint density at radius 2 is 2.05 bits per heavy atom. The molecule has 1 atom stereocenters. The van der Waals surface area contributed by atoms with Gasteiger partial charge in [0.25, 0.3) is 5.91 Å². The molecule has 0 aromatic heterocycles. The molecule has 0 heterocycles. The highest BCUT2D eigenvalue weighted by Crippen LogP contribution is 2.11. The molecule has 1 rings (SSSR count). The van der Waals surface area contributed by atoms with E-state index in [1.54, 1.807) is 0 Å². The number of hydrogen-bond acceptors (Lipinski definition) is 4. The smallest absolute Gasteiger partial charge is 0.257 e. The van der Waals surface area contributed by atoms with Crippen LogP contribution in [0.4, 0.5) is 0 Å². The number of nitrogens with zero attached hydrogens (tertiary/aromatic N) is 1. The molecule has 21 heavy (non-hydrogen) atoms. The molecule has 0 radical (unpaired) electrons. The summed E-state index contributed by atoms with van der Waals surface area (Å²) in [6.45, 7) is 6.35. The lowest BCUT2D eigenvalue weighted by molar-refractivity contribution is -0.123. The van der Waals surface area contributed by atoms with E-state index in [0.717, 1.165) is 18.5 Å². The van der Waals surface area contributed by atoms with E-state index < -0.39 is 0 Å². The number of hydrogen-bond donors (Lipinski definition) is 2. The van der Waals surface area contributed by atoms with Crippen LogP contribution < -0.4 is 15.8 Å². The number of nitrogens with two attached hydrogens (primary N) is 1. The third-order valence-corrected chi connectivity index (χ3v) is 3.66. The van der Waals surface area contributed by atoms with Crippen molar-refractivity contribution in [3.05, 3.63) is 29.8 Å². The highest BCUT2D eigenvalue weighted by Gasteiger charge is 2.07. The van der Waals surface area contributed by atoms with E-state index in [9.17, 15) is 4.79 Å². The highest BCUT2D eigenvalue weighted by molar-refractivity contribution is 5.77. The molecular weight excluding hydrogens is 266 g/mol. The fourth-order valence-corrected chi connectivity index (χ4v) is 1.83. The Bertz CT molecular complexity index is 420. The molecule has 1 unspecified atom stereocenters. The third kappa shape index (κ3) is 6.60. The predicted molar refractivity (Wildman–Crippen MR) is 85.2 cm³/mol. The molecule has 0 spiro atoms. The van der Waals surface area contributed by atoms with Crippen LogP contribution in [0.25, 0.3) is 0 Å². The standard InChI is InChI=1S/C16H27N3O2/c1-4-13(2)19(3)10-9-18-16(20)12-21-15-7-5-14(11-17)6-8-15/h5-8,13H,4,9-12,17H2,1-3H3,(H,18,20). The van der Waals surface area contributed by atoms with E-state index in [-0.39, 0.29) is 12.5 Å². The number of carbonyl (C=O) groups excluding carboxylic acids is 1. The minimum atomic E-state index is -0.101. The topological polar surface area (TPSA) is 67.6 Å². The first kappa shape index (κ1) is 17.5. The number of nitrogens with one attached hydrogen (secondary N) is 1. The monoisotopic (exact) mass is 293 g/mol. The number of likely N-dealkylation sites (N-methyl/N-ethyl adjacent to an activating group) is 1. The SMILES string of the molecule is CCC(C)N(C)CCNC(=O)COc1ccc(CN)cc1. The summed E-state index contributed by atoms with van der Waals surface area (Å²) in [5.74, 6) is 0.578. The van der Waals surface area contributed by atoms with Crippen LogP contribution in [0.3, 0.4) is 0 Å². The molecule has 1 aromatic carbocycles. The molecule has 1 aromatic rings. The lowest BCUT2D eigenvalue weighted by Crippen LogP contribution is -2.38. The van der Waals surface area contributed by atoms with Crippen LogP contribution in [0.1, 0.15) is 25.8 Å². The second-order valence-electron chi connectivity index (χ2n) is 5.22. The Morgan fingerprint density at radius 1 is 1.38 bits per heavy atom. The Labute approximate surface area is 127 Å². The average molecular weight is 293 g/mol. The van der Waals surface area contributed by atoms with E-state index in [0.29, 0.717) is 24.9 Å². The van der Waals surface area contributed by atoms with Gasteiger partial charge in [-0.25, -0.2) is 0 Å². The van der Waals surface area contributed by atoms with E-state index in [4.69, 9.17) is 10.5 Å². The lowest BCUT2D eigenvalue weighted by Gasteiger charge is -2.23. The molecule has 5 heteroatoms. The van der Waals surface area contributed by atoms with E-state index in [2.05, 4.69) is 31.1 Å². The predicted octanol–water partition coefficient (Wildman–Crippen LogP) is 1.37. The summed E-state index contributed by atoms with van der Waals surface area (Å²) in [5.41, 5.74) is 6.57. The van der Waals surface area contributed by atoms with Crippen molar-refractivity contribution in [1.82, 2.24) is 10.2 Å². The first-order valence-corrected chi connectivity index (χ1v) is 7.45. The van der Waals surface area contributed by atoms with Gasteiger partial charge in [-0.1, -0.05) is 19.1 Å². The fourth-order valence-electron chi connectivity index (χ4n) is 1.83. The van der Waals surface area contributed by atoms with Crippen molar-refractivity contribution in [2.24, 2.45) is 5.73 Å². The van der Waals surface area contributed by atoms with Gasteiger partial charge in [0.15, 0.2) is 6.61 Å². The van der Waals surface area contributed by atoms with Gasteiger partial charge in [0, 0.05) is 25.7 Å². The number of benzene rings is 1. The molecule has 3 N–H and O–H groups in total. The van der Waals surface area contributed by atoms with Gasteiger partial charge in [-0.3, -0.25) is 4.79 Å². The summed E-state index contributed by atoms with van der Waals surface area (Å²) < 4.78 is 5.43. The molecule has 0 saturated heterocycles. The molecule has 0 fully saturated rings. The van der Waals surface area contributed by atoms with Crippen molar-refractivity contribution in [1.29, 1.82) is 0 Å². The maximum atomic E-state index is 11.7. The van der Waals surface area contributed by atoms with Crippen LogP contribution in [0.15, 0.2) is 24.3 Å². The van der Waals surface area contributed by atoms with Gasteiger partial charge in [0.1, 0.15) is 5.75 Å². The number of carbonyl (C=O) groups is 1. The Balaban J connectivity index is 2.21. The van der Waals surface area contributed by atoms with Crippen LogP contribution in [0.5, 0.6) is 5.75 Å². The molecule has 0 saturated carbocycles. The van der Waals surface area contributed by atoms with Gasteiger partial charge in [0.2, 0.25) is 0 Å². The maximum Gasteiger partial charge on any atom is 0.257 e. The minimum absolute atomic E-state index is 0.0367. The largest absolute Gasteiger partial charge is 0.484 e. The zero-order valence-electron chi connectivity index (χ0n) is 13.3. The van der Waals surface area contributed by atoms with Gasteiger partial charge in [0.05, 0.1) is 0 Å². The maximum absolute atomic E-state index is 11.7. The second-order valence-corrected chi connectivity index (χ2v) is 5.22. The molecular formula is C16H27N3O2. The third-order valence-electron chi connectivity index (χ3n) is 3.66. The van der Waals surface area contributed by atoms with Crippen molar-refractivity contribution < 1.29 is 9.53 Å². The molecule has 1 amide bonds. The summed E-state index contributed by atoms with van der Waals surface area (Å²) in [5, 5.41) is 2.86. The van der Waals surface area contributed by atoms with Crippen LogP contribution in [0, 0.1) is 0 Å². The second kappa shape index (κ2) is 9.37. The first-order valence-electron chi connectivity index (χ1n) is 7.45. The van der Waals surface area contributed by atoms with Gasteiger partial charge in [-0.2, -0.15) is 0 Å². The Hall–Kier alpha value is -1.59. The molecule has 118 valence electrons. The van der Waals surface area contributed by atoms with Gasteiger partial charge >= 0.3 is 0 Å². The summed E-state index contributed by atoms with van der Waals surface area (Å²) >= 11 is 0. The summed E-state index contributed by atoms with van der Waals surface area (Å²) in [7, 11) is 2.07.